The first-order chi connectivity index (χ1) is 19.8. The lowest BCUT2D eigenvalue weighted by molar-refractivity contribution is 0.0987. The highest BCUT2D eigenvalue weighted by Gasteiger charge is 2.26. The molecule has 0 atom stereocenters. The van der Waals surface area contributed by atoms with E-state index in [0.29, 0.717) is 16.4 Å². The molecule has 0 bridgehead atoms. The minimum atomic E-state index is -3.84. The van der Waals surface area contributed by atoms with Crippen LogP contribution in [0.3, 0.4) is 0 Å². The SMILES string of the molecule is COCCN(CCOC)S(=O)(=O)c1ccc(C(=O)N(/N=C/c2ccc(C)cc2)c2nc3ccc(OC)cc3s2)cc1. The number of fused-ring (bicyclic) bond motifs is 1. The van der Waals surface area contributed by atoms with Gasteiger partial charge < -0.3 is 14.2 Å². The molecule has 0 aliphatic carbocycles. The Labute approximate surface area is 243 Å². The number of aromatic nitrogens is 1. The summed E-state index contributed by atoms with van der Waals surface area (Å²) in [4.78, 5) is 18.4. The largest absolute Gasteiger partial charge is 0.497 e. The monoisotopic (exact) mass is 596 g/mol. The average Bonchev–Trinajstić information content (AvgIpc) is 3.41. The van der Waals surface area contributed by atoms with Gasteiger partial charge in [-0.1, -0.05) is 41.2 Å². The fourth-order valence-electron chi connectivity index (χ4n) is 3.86. The standard InChI is InChI=1S/C29H32N4O6S2/c1-21-5-7-22(8-6-21)20-30-33(29-31-26-14-11-24(39-4)19-27(26)40-29)28(34)23-9-12-25(13-10-23)41(35,36)32(15-17-37-2)16-18-38-3/h5-14,19-20H,15-18H2,1-4H3/b30-20+. The zero-order valence-electron chi connectivity index (χ0n) is 23.3. The molecule has 0 aliphatic heterocycles. The smallest absolute Gasteiger partial charge is 0.280 e. The highest BCUT2D eigenvalue weighted by molar-refractivity contribution is 7.89. The van der Waals surface area contributed by atoms with Crippen LogP contribution in [0.5, 0.6) is 5.75 Å². The number of nitrogens with zero attached hydrogens (tertiary/aromatic N) is 4. The molecular formula is C29H32N4O6S2. The van der Waals surface area contributed by atoms with Crippen LogP contribution in [-0.4, -0.2) is 77.5 Å². The Kier molecular flexibility index (Phi) is 10.2. The van der Waals surface area contributed by atoms with Crippen molar-refractivity contribution in [3.05, 3.63) is 83.4 Å². The minimum absolute atomic E-state index is 0.0584. The number of benzene rings is 3. The van der Waals surface area contributed by atoms with Crippen LogP contribution in [0.4, 0.5) is 5.13 Å². The second-order valence-corrected chi connectivity index (χ2v) is 12.0. The molecule has 0 saturated heterocycles. The quantitative estimate of drug-likeness (QED) is 0.164. The van der Waals surface area contributed by atoms with E-state index in [4.69, 9.17) is 14.2 Å². The van der Waals surface area contributed by atoms with Gasteiger partial charge in [0.15, 0.2) is 0 Å². The molecule has 10 nitrogen and oxygen atoms in total. The Balaban J connectivity index is 1.67. The molecule has 0 unspecified atom stereocenters. The van der Waals surface area contributed by atoms with Gasteiger partial charge in [-0.2, -0.15) is 14.4 Å². The maximum absolute atomic E-state index is 13.8. The second kappa shape index (κ2) is 13.8. The van der Waals surface area contributed by atoms with Gasteiger partial charge >= 0.3 is 0 Å². The van der Waals surface area contributed by atoms with Gasteiger partial charge in [0.05, 0.1) is 41.7 Å². The number of thiazole rings is 1. The molecule has 4 rings (SSSR count). The van der Waals surface area contributed by atoms with Crippen LogP contribution in [0.2, 0.25) is 0 Å². The van der Waals surface area contributed by atoms with E-state index in [1.165, 1.54) is 59.1 Å². The summed E-state index contributed by atoms with van der Waals surface area (Å²) in [5.41, 5.74) is 2.86. The third-order valence-corrected chi connectivity index (χ3v) is 9.09. The summed E-state index contributed by atoms with van der Waals surface area (Å²) in [7, 11) is 0.770. The molecular weight excluding hydrogens is 564 g/mol. The van der Waals surface area contributed by atoms with E-state index in [1.807, 2.05) is 43.3 Å². The van der Waals surface area contributed by atoms with E-state index in [0.717, 1.165) is 15.8 Å². The van der Waals surface area contributed by atoms with Crippen LogP contribution in [0.1, 0.15) is 21.5 Å². The molecule has 12 heteroatoms. The number of amides is 1. The zero-order valence-corrected chi connectivity index (χ0v) is 24.9. The molecule has 0 fully saturated rings. The Morgan fingerprint density at radius 1 is 0.951 bits per heavy atom. The summed E-state index contributed by atoms with van der Waals surface area (Å²) in [6.07, 6.45) is 1.59. The van der Waals surface area contributed by atoms with Gasteiger partial charge in [0.1, 0.15) is 5.75 Å². The molecule has 0 saturated carbocycles. The van der Waals surface area contributed by atoms with Gasteiger partial charge in [-0.05, 0) is 55.0 Å². The maximum atomic E-state index is 13.8. The van der Waals surface area contributed by atoms with E-state index in [1.54, 1.807) is 19.4 Å². The van der Waals surface area contributed by atoms with Crippen LogP contribution >= 0.6 is 11.3 Å². The number of ether oxygens (including phenoxy) is 3. The highest BCUT2D eigenvalue weighted by Crippen LogP contribution is 2.32. The van der Waals surface area contributed by atoms with E-state index in [-0.39, 0.29) is 36.8 Å². The molecule has 216 valence electrons. The number of methoxy groups -OCH3 is 3. The molecule has 0 N–H and O–H groups in total. The van der Waals surface area contributed by atoms with Crippen LogP contribution < -0.4 is 9.75 Å². The van der Waals surface area contributed by atoms with Crippen molar-refractivity contribution in [1.82, 2.24) is 9.29 Å². The highest BCUT2D eigenvalue weighted by atomic mass is 32.2. The Hall–Kier alpha value is -3.68. The van der Waals surface area contributed by atoms with E-state index < -0.39 is 15.9 Å². The Bertz CT molecular complexity index is 1590. The summed E-state index contributed by atoms with van der Waals surface area (Å²) in [6.45, 7) is 2.81. The van der Waals surface area contributed by atoms with Gasteiger partial charge in [0.2, 0.25) is 15.2 Å². The number of sulfonamides is 1. The van der Waals surface area contributed by atoms with Crippen molar-refractivity contribution in [2.45, 2.75) is 11.8 Å². The first-order valence-electron chi connectivity index (χ1n) is 12.7. The molecule has 0 radical (unpaired) electrons. The Morgan fingerprint density at radius 3 is 2.22 bits per heavy atom. The fourth-order valence-corrected chi connectivity index (χ4v) is 6.21. The molecule has 4 aromatic rings. The van der Waals surface area contributed by atoms with Gasteiger partial charge in [0, 0.05) is 32.9 Å². The van der Waals surface area contributed by atoms with Crippen LogP contribution in [0.25, 0.3) is 10.2 Å². The Morgan fingerprint density at radius 2 is 1.61 bits per heavy atom. The number of hydrogen-bond donors (Lipinski definition) is 0. The topological polar surface area (TPSA) is 111 Å². The van der Waals surface area contributed by atoms with Crippen molar-refractivity contribution in [3.8, 4) is 5.75 Å². The first kappa shape index (κ1) is 30.3. The molecule has 3 aromatic carbocycles. The predicted octanol–water partition coefficient (Wildman–Crippen LogP) is 4.58. The number of aryl methyl sites for hydroxylation is 1. The van der Waals surface area contributed by atoms with Crippen molar-refractivity contribution in [3.63, 3.8) is 0 Å². The third kappa shape index (κ3) is 7.34. The number of hydrogen-bond acceptors (Lipinski definition) is 9. The summed E-state index contributed by atoms with van der Waals surface area (Å²) in [5, 5.41) is 6.09. The summed E-state index contributed by atoms with van der Waals surface area (Å²) >= 11 is 1.30. The summed E-state index contributed by atoms with van der Waals surface area (Å²) in [6, 6.07) is 19.0. The lowest BCUT2D eigenvalue weighted by Crippen LogP contribution is -2.36. The lowest BCUT2D eigenvalue weighted by Gasteiger charge is -2.21. The predicted molar refractivity (Wildman–Crippen MR) is 161 cm³/mol. The lowest BCUT2D eigenvalue weighted by atomic mass is 10.2. The number of anilines is 1. The summed E-state index contributed by atoms with van der Waals surface area (Å²) < 4.78 is 44.2. The van der Waals surface area contributed by atoms with Gasteiger partial charge in [-0.25, -0.2) is 13.4 Å². The van der Waals surface area contributed by atoms with Gasteiger partial charge in [-0.15, -0.1) is 0 Å². The van der Waals surface area contributed by atoms with Crippen molar-refractivity contribution in [2.75, 3.05) is 52.6 Å². The van der Waals surface area contributed by atoms with Crippen molar-refractivity contribution in [1.29, 1.82) is 0 Å². The molecule has 41 heavy (non-hydrogen) atoms. The third-order valence-electron chi connectivity index (χ3n) is 6.19. The van der Waals surface area contributed by atoms with E-state index in [2.05, 4.69) is 10.1 Å². The van der Waals surface area contributed by atoms with Crippen molar-refractivity contribution >= 4 is 48.8 Å². The second-order valence-electron chi connectivity index (χ2n) is 9.02. The van der Waals surface area contributed by atoms with Crippen LogP contribution in [-0.2, 0) is 19.5 Å². The zero-order chi connectivity index (χ0) is 29.4. The summed E-state index contributed by atoms with van der Waals surface area (Å²) in [5.74, 6) is 0.217. The van der Waals surface area contributed by atoms with E-state index >= 15 is 0 Å². The molecule has 1 heterocycles. The number of hydrazone groups is 1. The molecule has 0 spiro atoms. The average molecular weight is 597 g/mol. The number of carbonyl (C=O) groups is 1. The van der Waals surface area contributed by atoms with Crippen molar-refractivity contribution < 1.29 is 27.4 Å². The maximum Gasteiger partial charge on any atom is 0.280 e. The number of carbonyl (C=O) groups excluding carboxylic acids is 1. The van der Waals surface area contributed by atoms with Gasteiger partial charge in [-0.3, -0.25) is 4.79 Å². The normalized spacial score (nSPS) is 11.9. The van der Waals surface area contributed by atoms with Crippen LogP contribution in [0, 0.1) is 6.92 Å². The molecule has 1 amide bonds. The minimum Gasteiger partial charge on any atom is -0.497 e. The van der Waals surface area contributed by atoms with Crippen molar-refractivity contribution in [2.24, 2.45) is 5.10 Å². The first-order valence-corrected chi connectivity index (χ1v) is 15.0. The molecule has 0 aliphatic rings. The molecule has 1 aromatic heterocycles. The van der Waals surface area contributed by atoms with Gasteiger partial charge in [0.25, 0.3) is 5.91 Å². The number of rotatable bonds is 13. The van der Waals surface area contributed by atoms with Crippen LogP contribution in [0.15, 0.2) is 76.7 Å². The fraction of sp³-hybridized carbons (Fsp3) is 0.276. The van der Waals surface area contributed by atoms with E-state index in [9.17, 15) is 13.2 Å².